The average Bonchev–Trinajstić information content (AvgIpc) is 3.14. The van der Waals surface area contributed by atoms with Crippen LogP contribution < -0.4 is 5.32 Å². The molecule has 2 aromatic carbocycles. The van der Waals surface area contributed by atoms with Crippen LogP contribution in [0.1, 0.15) is 60.2 Å². The number of carbonyl (C=O) groups excluding carboxylic acids is 1. The van der Waals surface area contributed by atoms with E-state index in [0.717, 1.165) is 79.2 Å². The molecule has 6 nitrogen and oxygen atoms in total. The van der Waals surface area contributed by atoms with Gasteiger partial charge in [0.05, 0.1) is 22.7 Å². The second kappa shape index (κ2) is 12.4. The van der Waals surface area contributed by atoms with Gasteiger partial charge in [-0.15, -0.1) is 12.4 Å². The maximum absolute atomic E-state index is 12.5. The number of aryl methyl sites for hydroxylation is 1. The van der Waals surface area contributed by atoms with E-state index in [1.165, 1.54) is 30.4 Å². The molecule has 0 radical (unpaired) electrons. The van der Waals surface area contributed by atoms with Gasteiger partial charge in [-0.25, -0.2) is 4.98 Å². The zero-order chi connectivity index (χ0) is 24.9. The van der Waals surface area contributed by atoms with E-state index in [4.69, 9.17) is 0 Å². The molecule has 1 saturated carbocycles. The molecule has 7 heteroatoms. The Kier molecular flexibility index (Phi) is 9.02. The first-order chi connectivity index (χ1) is 17.6. The van der Waals surface area contributed by atoms with Crippen LogP contribution in [0.25, 0.3) is 17.1 Å². The Labute approximate surface area is 225 Å². The van der Waals surface area contributed by atoms with E-state index in [-0.39, 0.29) is 24.4 Å². The molecule has 2 N–H and O–H groups in total. The lowest BCUT2D eigenvalue weighted by Gasteiger charge is -2.30. The highest BCUT2D eigenvalue weighted by Crippen LogP contribution is 2.28. The maximum Gasteiger partial charge on any atom is 0.244 e. The number of hydrogen-bond donors (Lipinski definition) is 2. The van der Waals surface area contributed by atoms with E-state index in [0.29, 0.717) is 0 Å². The van der Waals surface area contributed by atoms with Crippen molar-refractivity contribution in [2.24, 2.45) is 5.92 Å². The van der Waals surface area contributed by atoms with Crippen LogP contribution >= 0.6 is 12.4 Å². The summed E-state index contributed by atoms with van der Waals surface area (Å²) in [6.45, 7) is 5.26. The van der Waals surface area contributed by atoms with E-state index in [1.807, 2.05) is 37.3 Å². The summed E-state index contributed by atoms with van der Waals surface area (Å²) < 4.78 is 0. The summed E-state index contributed by atoms with van der Waals surface area (Å²) in [5.74, 6) is 1.63. The van der Waals surface area contributed by atoms with Crippen LogP contribution in [-0.2, 0) is 17.6 Å². The molecule has 1 fully saturated rings. The molecular weight excluding hydrogens is 482 g/mol. The fourth-order valence-electron chi connectivity index (χ4n) is 5.70. The largest absolute Gasteiger partial charge is 0.350 e. The van der Waals surface area contributed by atoms with Crippen molar-refractivity contribution in [1.82, 2.24) is 20.2 Å². The van der Waals surface area contributed by atoms with Crippen molar-refractivity contribution < 1.29 is 4.79 Å². The number of nitriles is 1. The first-order valence-electron chi connectivity index (χ1n) is 13.2. The van der Waals surface area contributed by atoms with E-state index < -0.39 is 0 Å². The lowest BCUT2D eigenvalue weighted by molar-refractivity contribution is -0.117. The Morgan fingerprint density at radius 2 is 1.92 bits per heavy atom. The van der Waals surface area contributed by atoms with Gasteiger partial charge in [0.1, 0.15) is 5.82 Å². The average molecular weight is 518 g/mol. The SMILES string of the molecule is Cc1nc2ccc(/C=C/C(=O)NC3CCC(CCN4CCc5ccc(C#N)cc5CC4)CC3)cc2[nH]1.Cl. The molecule has 0 bridgehead atoms. The highest BCUT2D eigenvalue weighted by Gasteiger charge is 2.23. The zero-order valence-corrected chi connectivity index (χ0v) is 22.3. The fourth-order valence-corrected chi connectivity index (χ4v) is 5.70. The second-order valence-corrected chi connectivity index (χ2v) is 10.4. The third-order valence-corrected chi connectivity index (χ3v) is 7.83. The van der Waals surface area contributed by atoms with Gasteiger partial charge in [0, 0.05) is 25.2 Å². The van der Waals surface area contributed by atoms with Gasteiger partial charge in [-0.05, 0) is 111 Å². The predicted octanol–water partition coefficient (Wildman–Crippen LogP) is 5.34. The van der Waals surface area contributed by atoms with Crippen LogP contribution in [0, 0.1) is 24.2 Å². The van der Waals surface area contributed by atoms with Gasteiger partial charge >= 0.3 is 0 Å². The lowest BCUT2D eigenvalue weighted by Crippen LogP contribution is -2.37. The molecule has 3 aromatic rings. The van der Waals surface area contributed by atoms with Crippen molar-refractivity contribution in [1.29, 1.82) is 5.26 Å². The Morgan fingerprint density at radius 1 is 1.14 bits per heavy atom. The van der Waals surface area contributed by atoms with Gasteiger partial charge in [0.2, 0.25) is 5.91 Å². The summed E-state index contributed by atoms with van der Waals surface area (Å²) in [4.78, 5) is 22.7. The smallest absolute Gasteiger partial charge is 0.244 e. The number of hydrogen-bond acceptors (Lipinski definition) is 4. The Morgan fingerprint density at radius 3 is 2.70 bits per heavy atom. The predicted molar refractivity (Wildman–Crippen MR) is 151 cm³/mol. The molecule has 194 valence electrons. The number of H-pyrrole nitrogens is 1. The number of nitrogens with zero attached hydrogens (tertiary/aromatic N) is 3. The maximum atomic E-state index is 12.5. The topological polar surface area (TPSA) is 84.8 Å². The molecule has 5 rings (SSSR count). The first-order valence-corrected chi connectivity index (χ1v) is 13.2. The number of benzene rings is 2. The van der Waals surface area contributed by atoms with Crippen molar-refractivity contribution in [3.63, 3.8) is 0 Å². The van der Waals surface area contributed by atoms with E-state index >= 15 is 0 Å². The molecular formula is C30H36ClN5O. The van der Waals surface area contributed by atoms with Gasteiger partial charge in [0.25, 0.3) is 0 Å². The molecule has 37 heavy (non-hydrogen) atoms. The van der Waals surface area contributed by atoms with Crippen LogP contribution in [-0.4, -0.2) is 46.5 Å². The Hall–Kier alpha value is -3.14. The number of rotatable bonds is 6. The standard InChI is InChI=1S/C30H35N5O.ClH/c1-21-32-28-10-5-23(19-29(28)33-21)6-11-30(36)34-27-8-3-22(4-9-27)12-15-35-16-13-25-7-2-24(20-31)18-26(25)14-17-35;/h2,5-7,10-11,18-19,22,27H,3-4,8-9,12-17H2,1H3,(H,32,33)(H,34,36);1H/b11-6+;. The van der Waals surface area contributed by atoms with E-state index in [2.05, 4.69) is 38.4 Å². The number of carbonyl (C=O) groups is 1. The molecule has 0 atom stereocenters. The van der Waals surface area contributed by atoms with Crippen LogP contribution in [0.3, 0.4) is 0 Å². The van der Waals surface area contributed by atoms with Crippen molar-refractivity contribution >= 4 is 35.4 Å². The normalized spacial score (nSPS) is 20.1. The van der Waals surface area contributed by atoms with Crippen LogP contribution in [0.5, 0.6) is 0 Å². The van der Waals surface area contributed by atoms with E-state index in [9.17, 15) is 10.1 Å². The van der Waals surface area contributed by atoms with Gasteiger partial charge in [-0.1, -0.05) is 12.1 Å². The number of aromatic amines is 1. The monoisotopic (exact) mass is 517 g/mol. The summed E-state index contributed by atoms with van der Waals surface area (Å²) >= 11 is 0. The molecule has 0 unspecified atom stereocenters. The van der Waals surface area contributed by atoms with Gasteiger partial charge in [-0.3, -0.25) is 4.79 Å². The molecule has 1 aromatic heterocycles. The summed E-state index contributed by atoms with van der Waals surface area (Å²) in [7, 11) is 0. The summed E-state index contributed by atoms with van der Waals surface area (Å²) in [5.41, 5.74) is 6.45. The molecule has 2 aliphatic rings. The number of aromatic nitrogens is 2. The van der Waals surface area contributed by atoms with Crippen LogP contribution in [0.4, 0.5) is 0 Å². The van der Waals surface area contributed by atoms with Gasteiger partial charge in [-0.2, -0.15) is 5.26 Å². The summed E-state index contributed by atoms with van der Waals surface area (Å²) in [5, 5.41) is 12.4. The molecule has 1 aliphatic heterocycles. The fraction of sp³-hybridized carbons (Fsp3) is 0.433. The second-order valence-electron chi connectivity index (χ2n) is 10.4. The Bertz CT molecular complexity index is 1300. The Balaban J connectivity index is 0.00000320. The van der Waals surface area contributed by atoms with Crippen molar-refractivity contribution in [2.45, 2.75) is 57.9 Å². The quantitative estimate of drug-likeness (QED) is 0.432. The van der Waals surface area contributed by atoms with Crippen LogP contribution in [0.2, 0.25) is 0 Å². The number of amides is 1. The number of fused-ring (bicyclic) bond motifs is 2. The van der Waals surface area contributed by atoms with Crippen molar-refractivity contribution in [2.75, 3.05) is 19.6 Å². The third kappa shape index (κ3) is 7.00. The molecule has 0 spiro atoms. The number of nitrogens with one attached hydrogen (secondary N) is 2. The lowest BCUT2D eigenvalue weighted by atomic mass is 9.84. The minimum absolute atomic E-state index is 0. The first kappa shape index (κ1) is 26.9. The van der Waals surface area contributed by atoms with Gasteiger partial charge < -0.3 is 15.2 Å². The minimum Gasteiger partial charge on any atom is -0.350 e. The zero-order valence-electron chi connectivity index (χ0n) is 21.5. The molecule has 1 amide bonds. The highest BCUT2D eigenvalue weighted by atomic mass is 35.5. The summed E-state index contributed by atoms with van der Waals surface area (Å²) in [6, 6.07) is 14.7. The third-order valence-electron chi connectivity index (χ3n) is 7.83. The van der Waals surface area contributed by atoms with Crippen LogP contribution in [0.15, 0.2) is 42.5 Å². The number of halogens is 1. The number of imidazole rings is 1. The molecule has 2 heterocycles. The summed E-state index contributed by atoms with van der Waals surface area (Å²) in [6.07, 6.45) is 11.3. The van der Waals surface area contributed by atoms with E-state index in [1.54, 1.807) is 6.08 Å². The van der Waals surface area contributed by atoms with Gasteiger partial charge in [0.15, 0.2) is 0 Å². The van der Waals surface area contributed by atoms with Crippen molar-refractivity contribution in [3.8, 4) is 6.07 Å². The highest BCUT2D eigenvalue weighted by molar-refractivity contribution is 5.92. The molecule has 0 saturated heterocycles. The molecule has 1 aliphatic carbocycles. The van der Waals surface area contributed by atoms with Crippen molar-refractivity contribution in [3.05, 3.63) is 70.6 Å². The minimum atomic E-state index is -0.0111.